The Labute approximate surface area is 209 Å². The third kappa shape index (κ3) is 4.22. The van der Waals surface area contributed by atoms with Gasteiger partial charge in [-0.05, 0) is 63.1 Å². The van der Waals surface area contributed by atoms with Crippen molar-refractivity contribution in [3.05, 3.63) is 74.7 Å². The number of hydrogen-bond acceptors (Lipinski definition) is 6. The van der Waals surface area contributed by atoms with Crippen LogP contribution < -0.4 is 20.1 Å². The SMILES string of the molecule is CCOc1ccc(OCC)c(C2C(C#N)=C(N)N(c3ccc(Cl)cc3Cl)C3=C2C(=O)CCC3)c1. The van der Waals surface area contributed by atoms with Gasteiger partial charge in [-0.15, -0.1) is 0 Å². The van der Waals surface area contributed by atoms with E-state index in [1.54, 1.807) is 23.1 Å². The van der Waals surface area contributed by atoms with Crippen LogP contribution in [-0.4, -0.2) is 19.0 Å². The van der Waals surface area contributed by atoms with Gasteiger partial charge in [0.1, 0.15) is 17.3 Å². The van der Waals surface area contributed by atoms with E-state index in [1.165, 1.54) is 0 Å². The summed E-state index contributed by atoms with van der Waals surface area (Å²) in [6.07, 6.45) is 1.69. The average Bonchev–Trinajstić information content (AvgIpc) is 2.81. The van der Waals surface area contributed by atoms with Gasteiger partial charge in [0.15, 0.2) is 5.78 Å². The third-order valence-electron chi connectivity index (χ3n) is 5.97. The molecule has 2 N–H and O–H groups in total. The number of nitrogens with two attached hydrogens (primary N) is 1. The summed E-state index contributed by atoms with van der Waals surface area (Å²) in [7, 11) is 0. The van der Waals surface area contributed by atoms with Crippen LogP contribution in [0, 0.1) is 11.3 Å². The van der Waals surface area contributed by atoms with E-state index < -0.39 is 5.92 Å². The number of Topliss-reactive ketones (excluding diaryl/α,β-unsaturated/α-hetero) is 1. The van der Waals surface area contributed by atoms with Gasteiger partial charge in [0.25, 0.3) is 0 Å². The summed E-state index contributed by atoms with van der Waals surface area (Å²) in [5.41, 5.74) is 9.44. The lowest BCUT2D eigenvalue weighted by Gasteiger charge is -2.40. The molecule has 0 aromatic heterocycles. The molecule has 0 saturated heterocycles. The highest BCUT2D eigenvalue weighted by Crippen LogP contribution is 2.49. The number of ketones is 1. The topological polar surface area (TPSA) is 88.6 Å². The lowest BCUT2D eigenvalue weighted by molar-refractivity contribution is -0.116. The average molecular weight is 498 g/mol. The van der Waals surface area contributed by atoms with Gasteiger partial charge in [-0.3, -0.25) is 9.69 Å². The van der Waals surface area contributed by atoms with Crippen LogP contribution in [0.25, 0.3) is 0 Å². The monoisotopic (exact) mass is 497 g/mol. The molecule has 0 fully saturated rings. The Hall–Kier alpha value is -3.14. The number of benzene rings is 2. The number of carbonyl (C=O) groups is 1. The van der Waals surface area contributed by atoms with Gasteiger partial charge in [0, 0.05) is 28.3 Å². The maximum absolute atomic E-state index is 13.4. The predicted molar refractivity (Wildman–Crippen MR) is 133 cm³/mol. The van der Waals surface area contributed by atoms with E-state index in [1.807, 2.05) is 32.0 Å². The molecule has 1 aliphatic carbocycles. The van der Waals surface area contributed by atoms with Crippen LogP contribution in [0.5, 0.6) is 11.5 Å². The highest BCUT2D eigenvalue weighted by atomic mass is 35.5. The van der Waals surface area contributed by atoms with E-state index in [2.05, 4.69) is 6.07 Å². The first-order chi connectivity index (χ1) is 16.4. The van der Waals surface area contributed by atoms with E-state index in [4.69, 9.17) is 38.4 Å². The van der Waals surface area contributed by atoms with Gasteiger partial charge in [-0.1, -0.05) is 23.2 Å². The van der Waals surface area contributed by atoms with Crippen molar-refractivity contribution in [1.29, 1.82) is 5.26 Å². The first-order valence-corrected chi connectivity index (χ1v) is 12.0. The summed E-state index contributed by atoms with van der Waals surface area (Å²) in [6.45, 7) is 4.70. The van der Waals surface area contributed by atoms with E-state index in [-0.39, 0.29) is 17.2 Å². The van der Waals surface area contributed by atoms with Gasteiger partial charge in [-0.2, -0.15) is 5.26 Å². The van der Waals surface area contributed by atoms with Crippen LogP contribution in [-0.2, 0) is 4.79 Å². The van der Waals surface area contributed by atoms with Crippen LogP contribution >= 0.6 is 23.2 Å². The summed E-state index contributed by atoms with van der Waals surface area (Å²) in [5.74, 6) is 0.752. The number of hydrogen-bond donors (Lipinski definition) is 1. The fourth-order valence-corrected chi connectivity index (χ4v) is 5.12. The number of halogens is 2. The molecule has 0 radical (unpaired) electrons. The zero-order chi connectivity index (χ0) is 24.4. The highest BCUT2D eigenvalue weighted by molar-refractivity contribution is 6.36. The largest absolute Gasteiger partial charge is 0.494 e. The molecule has 1 unspecified atom stereocenters. The molecular formula is C26H25Cl2N3O3. The fraction of sp³-hybridized carbons (Fsp3) is 0.308. The minimum atomic E-state index is -0.669. The molecule has 2 aliphatic rings. The maximum atomic E-state index is 13.4. The molecule has 1 atom stereocenters. The zero-order valence-electron chi connectivity index (χ0n) is 19.0. The number of nitriles is 1. The lowest BCUT2D eigenvalue weighted by atomic mass is 9.75. The second-order valence-corrected chi connectivity index (χ2v) is 8.82. The van der Waals surface area contributed by atoms with Gasteiger partial charge < -0.3 is 15.2 Å². The highest BCUT2D eigenvalue weighted by Gasteiger charge is 2.42. The second-order valence-electron chi connectivity index (χ2n) is 7.98. The lowest BCUT2D eigenvalue weighted by Crippen LogP contribution is -2.39. The molecule has 0 bridgehead atoms. The molecule has 1 heterocycles. The Morgan fingerprint density at radius 3 is 2.56 bits per heavy atom. The first kappa shape index (κ1) is 24.0. The van der Waals surface area contributed by atoms with Crippen LogP contribution in [0.1, 0.15) is 44.6 Å². The number of rotatable bonds is 6. The molecule has 8 heteroatoms. The Bertz CT molecular complexity index is 1250. The van der Waals surface area contributed by atoms with Crippen molar-refractivity contribution >= 4 is 34.7 Å². The predicted octanol–water partition coefficient (Wildman–Crippen LogP) is 6.10. The summed E-state index contributed by atoms with van der Waals surface area (Å²) in [5, 5.41) is 11.1. The summed E-state index contributed by atoms with van der Waals surface area (Å²) in [6, 6.07) is 12.8. The van der Waals surface area contributed by atoms with Crippen LogP contribution in [0.15, 0.2) is 59.1 Å². The van der Waals surface area contributed by atoms with Crippen molar-refractivity contribution in [2.24, 2.45) is 5.73 Å². The number of carbonyl (C=O) groups excluding carboxylic acids is 1. The second kappa shape index (κ2) is 10.0. The molecule has 2 aromatic rings. The molecule has 34 heavy (non-hydrogen) atoms. The van der Waals surface area contributed by atoms with Gasteiger partial charge in [0.2, 0.25) is 0 Å². The van der Waals surface area contributed by atoms with Crippen molar-refractivity contribution in [3.8, 4) is 17.6 Å². The van der Waals surface area contributed by atoms with Gasteiger partial charge in [-0.25, -0.2) is 0 Å². The molecule has 1 aliphatic heterocycles. The molecular weight excluding hydrogens is 473 g/mol. The van der Waals surface area contributed by atoms with E-state index >= 15 is 0 Å². The van der Waals surface area contributed by atoms with Gasteiger partial charge >= 0.3 is 0 Å². The summed E-state index contributed by atoms with van der Waals surface area (Å²) >= 11 is 12.6. The molecule has 6 nitrogen and oxygen atoms in total. The van der Waals surface area contributed by atoms with E-state index in [9.17, 15) is 10.1 Å². The normalized spacial score (nSPS) is 18.0. The van der Waals surface area contributed by atoms with E-state index in [0.29, 0.717) is 70.8 Å². The molecule has 0 spiro atoms. The molecule has 0 amide bonds. The smallest absolute Gasteiger partial charge is 0.161 e. The van der Waals surface area contributed by atoms with Crippen molar-refractivity contribution in [2.75, 3.05) is 18.1 Å². The molecule has 2 aromatic carbocycles. The van der Waals surface area contributed by atoms with E-state index in [0.717, 1.165) is 5.70 Å². The van der Waals surface area contributed by atoms with Crippen molar-refractivity contribution < 1.29 is 14.3 Å². The number of nitrogens with zero attached hydrogens (tertiary/aromatic N) is 2. The Kier molecular flexibility index (Phi) is 7.06. The van der Waals surface area contributed by atoms with Crippen molar-refractivity contribution in [3.63, 3.8) is 0 Å². The summed E-state index contributed by atoms with van der Waals surface area (Å²) < 4.78 is 11.6. The third-order valence-corrected chi connectivity index (χ3v) is 6.50. The maximum Gasteiger partial charge on any atom is 0.161 e. The first-order valence-electron chi connectivity index (χ1n) is 11.2. The number of anilines is 1. The van der Waals surface area contributed by atoms with Crippen molar-refractivity contribution in [2.45, 2.75) is 39.0 Å². The quantitative estimate of drug-likeness (QED) is 0.518. The molecule has 0 saturated carbocycles. The Morgan fingerprint density at radius 1 is 1.12 bits per heavy atom. The fourth-order valence-electron chi connectivity index (χ4n) is 4.63. The minimum Gasteiger partial charge on any atom is -0.494 e. The standard InChI is InChI=1S/C26H25Cl2N3O3/c1-3-33-16-9-11-23(34-4-2)17(13-16)24-18(14-29)26(30)31(20-10-8-15(27)12-19(20)28)21-6-5-7-22(32)25(21)24/h8-13,24H,3-7,30H2,1-2H3. The number of allylic oxidation sites excluding steroid dienone is 3. The Morgan fingerprint density at radius 2 is 1.88 bits per heavy atom. The number of ether oxygens (including phenoxy) is 2. The molecule has 176 valence electrons. The summed E-state index contributed by atoms with van der Waals surface area (Å²) in [4.78, 5) is 15.1. The van der Waals surface area contributed by atoms with Gasteiger partial charge in [0.05, 0.1) is 41.5 Å². The zero-order valence-corrected chi connectivity index (χ0v) is 20.5. The van der Waals surface area contributed by atoms with Crippen molar-refractivity contribution in [1.82, 2.24) is 0 Å². The van der Waals surface area contributed by atoms with Crippen LogP contribution in [0.2, 0.25) is 10.0 Å². The molecule has 4 rings (SSSR count). The minimum absolute atomic E-state index is 0.0224. The van der Waals surface area contributed by atoms with Crippen LogP contribution in [0.4, 0.5) is 5.69 Å². The Balaban J connectivity index is 1.99. The van der Waals surface area contributed by atoms with Crippen LogP contribution in [0.3, 0.4) is 0 Å².